The fourth-order valence-electron chi connectivity index (χ4n) is 2.21. The van der Waals surface area contributed by atoms with E-state index in [2.05, 4.69) is 20.9 Å². The van der Waals surface area contributed by atoms with E-state index in [0.29, 0.717) is 22.6 Å². The van der Waals surface area contributed by atoms with E-state index in [9.17, 15) is 4.79 Å². The number of aromatic amines is 1. The normalized spacial score (nSPS) is 11.0. The van der Waals surface area contributed by atoms with E-state index in [1.807, 2.05) is 24.3 Å². The van der Waals surface area contributed by atoms with E-state index in [1.165, 1.54) is 0 Å². The Labute approximate surface area is 129 Å². The van der Waals surface area contributed by atoms with E-state index in [1.54, 1.807) is 24.1 Å². The Hall–Kier alpha value is -2.21. The number of fused-ring (bicyclic) bond motifs is 1. The molecule has 3 N–H and O–H groups in total. The predicted molar refractivity (Wildman–Crippen MR) is 84.9 cm³/mol. The van der Waals surface area contributed by atoms with Gasteiger partial charge in [-0.3, -0.25) is 4.79 Å². The summed E-state index contributed by atoms with van der Waals surface area (Å²) in [6, 6.07) is 11.0. The quantitative estimate of drug-likeness (QED) is 0.713. The summed E-state index contributed by atoms with van der Waals surface area (Å²) in [4.78, 5) is 17.1. The second-order valence-electron chi connectivity index (χ2n) is 4.90. The standard InChI is InChI=1S/C15H14BrN3O2/c1-19(8-11-3-5-14(16)21-11)15(20)13-7-9-6-10(17)2-4-12(9)18-13/h2-7,18H,8,17H2,1H3. The van der Waals surface area contributed by atoms with Gasteiger partial charge in [0.05, 0.1) is 6.54 Å². The fraction of sp³-hybridized carbons (Fsp3) is 0.133. The van der Waals surface area contributed by atoms with Crippen LogP contribution in [0.4, 0.5) is 5.69 Å². The van der Waals surface area contributed by atoms with E-state index >= 15 is 0 Å². The molecule has 0 saturated heterocycles. The van der Waals surface area contributed by atoms with Gasteiger partial charge in [-0.05, 0) is 52.3 Å². The number of halogens is 1. The second kappa shape index (κ2) is 5.29. The van der Waals surface area contributed by atoms with Crippen molar-refractivity contribution in [3.8, 4) is 0 Å². The maximum absolute atomic E-state index is 12.4. The monoisotopic (exact) mass is 347 g/mol. The molecule has 108 valence electrons. The van der Waals surface area contributed by atoms with Crippen LogP contribution in [0.3, 0.4) is 0 Å². The first kappa shape index (κ1) is 13.8. The van der Waals surface area contributed by atoms with Crippen molar-refractivity contribution in [3.05, 3.63) is 52.5 Å². The van der Waals surface area contributed by atoms with Gasteiger partial charge < -0.3 is 20.0 Å². The van der Waals surface area contributed by atoms with E-state index < -0.39 is 0 Å². The molecule has 0 unspecified atom stereocenters. The lowest BCUT2D eigenvalue weighted by molar-refractivity contribution is 0.0770. The van der Waals surface area contributed by atoms with Crippen LogP contribution in [0.1, 0.15) is 16.2 Å². The number of furan rings is 1. The van der Waals surface area contributed by atoms with E-state index in [0.717, 1.165) is 16.7 Å². The van der Waals surface area contributed by atoms with Crippen molar-refractivity contribution in [1.82, 2.24) is 9.88 Å². The van der Waals surface area contributed by atoms with Gasteiger partial charge in [0.25, 0.3) is 5.91 Å². The molecule has 2 aromatic heterocycles. The summed E-state index contributed by atoms with van der Waals surface area (Å²) in [7, 11) is 1.73. The number of nitrogen functional groups attached to an aromatic ring is 1. The van der Waals surface area contributed by atoms with Crippen LogP contribution in [0, 0.1) is 0 Å². The highest BCUT2D eigenvalue weighted by molar-refractivity contribution is 9.10. The highest BCUT2D eigenvalue weighted by Gasteiger charge is 2.16. The predicted octanol–water partition coefficient (Wildman–Crippen LogP) is 3.38. The lowest BCUT2D eigenvalue weighted by Gasteiger charge is -2.14. The highest BCUT2D eigenvalue weighted by Crippen LogP contribution is 2.20. The molecule has 1 aromatic carbocycles. The number of nitrogens with zero attached hydrogens (tertiary/aromatic N) is 1. The zero-order valence-corrected chi connectivity index (χ0v) is 13.0. The maximum Gasteiger partial charge on any atom is 0.270 e. The number of nitrogens with two attached hydrogens (primary N) is 1. The molecule has 0 aliphatic heterocycles. The first-order chi connectivity index (χ1) is 10.0. The third kappa shape index (κ3) is 2.80. The van der Waals surface area contributed by atoms with Crippen LogP contribution in [0.15, 0.2) is 45.5 Å². The number of nitrogens with one attached hydrogen (secondary N) is 1. The third-order valence-electron chi connectivity index (χ3n) is 3.24. The topological polar surface area (TPSA) is 75.3 Å². The van der Waals surface area contributed by atoms with Crippen LogP contribution < -0.4 is 5.73 Å². The number of amides is 1. The van der Waals surface area contributed by atoms with Gasteiger partial charge in [-0.2, -0.15) is 0 Å². The highest BCUT2D eigenvalue weighted by atomic mass is 79.9. The molecule has 1 amide bonds. The Bertz CT molecular complexity index is 806. The molecule has 0 aliphatic rings. The number of H-pyrrole nitrogens is 1. The maximum atomic E-state index is 12.4. The van der Waals surface area contributed by atoms with Crippen molar-refractivity contribution in [2.45, 2.75) is 6.54 Å². The lowest BCUT2D eigenvalue weighted by Crippen LogP contribution is -2.26. The molecule has 0 radical (unpaired) electrons. The molecule has 6 heteroatoms. The average molecular weight is 348 g/mol. The molecule has 0 fully saturated rings. The molecule has 0 spiro atoms. The van der Waals surface area contributed by atoms with Crippen molar-refractivity contribution in [1.29, 1.82) is 0 Å². The molecule has 2 heterocycles. The number of carbonyl (C=O) groups is 1. The number of benzene rings is 1. The summed E-state index contributed by atoms with van der Waals surface area (Å²) >= 11 is 3.25. The minimum atomic E-state index is -0.0997. The fourth-order valence-corrected chi connectivity index (χ4v) is 2.55. The molecule has 0 aliphatic carbocycles. The van der Waals surface area contributed by atoms with Crippen molar-refractivity contribution in [2.24, 2.45) is 0 Å². The number of carbonyl (C=O) groups excluding carboxylic acids is 1. The van der Waals surface area contributed by atoms with Crippen molar-refractivity contribution in [3.63, 3.8) is 0 Å². The van der Waals surface area contributed by atoms with Gasteiger partial charge in [0, 0.05) is 23.6 Å². The molecule has 3 rings (SSSR count). The second-order valence-corrected chi connectivity index (χ2v) is 5.68. The Balaban J connectivity index is 1.82. The third-order valence-corrected chi connectivity index (χ3v) is 3.67. The SMILES string of the molecule is CN(Cc1ccc(Br)o1)C(=O)c1cc2cc(N)ccc2[nH]1. The van der Waals surface area contributed by atoms with Gasteiger partial charge in [0.15, 0.2) is 4.67 Å². The summed E-state index contributed by atoms with van der Waals surface area (Å²) in [5, 5.41) is 0.924. The summed E-state index contributed by atoms with van der Waals surface area (Å²) in [6.07, 6.45) is 0. The molecule has 5 nitrogen and oxygen atoms in total. The number of hydrogen-bond acceptors (Lipinski definition) is 3. The Morgan fingerprint density at radius 2 is 2.14 bits per heavy atom. The van der Waals surface area contributed by atoms with Gasteiger partial charge >= 0.3 is 0 Å². The summed E-state index contributed by atoms with van der Waals surface area (Å²) < 4.78 is 6.06. The minimum Gasteiger partial charge on any atom is -0.452 e. The number of aromatic nitrogens is 1. The Kier molecular flexibility index (Phi) is 3.47. The van der Waals surface area contributed by atoms with E-state index in [4.69, 9.17) is 10.2 Å². The lowest BCUT2D eigenvalue weighted by atomic mass is 10.2. The van der Waals surface area contributed by atoms with Crippen LogP contribution in [0.25, 0.3) is 10.9 Å². The average Bonchev–Trinajstić information content (AvgIpc) is 3.03. The van der Waals surface area contributed by atoms with Gasteiger partial charge in [-0.15, -0.1) is 0 Å². The number of anilines is 1. The molecule has 0 bridgehead atoms. The zero-order valence-electron chi connectivity index (χ0n) is 11.4. The van der Waals surface area contributed by atoms with E-state index in [-0.39, 0.29) is 5.91 Å². The first-order valence-electron chi connectivity index (χ1n) is 6.41. The van der Waals surface area contributed by atoms with Gasteiger partial charge in [0.2, 0.25) is 0 Å². The van der Waals surface area contributed by atoms with Crippen molar-refractivity contribution >= 4 is 38.4 Å². The molecule has 3 aromatic rings. The molecule has 0 saturated carbocycles. The van der Waals surface area contributed by atoms with Crippen LogP contribution in [-0.2, 0) is 6.54 Å². The largest absolute Gasteiger partial charge is 0.452 e. The summed E-state index contributed by atoms with van der Waals surface area (Å²) in [5.74, 6) is 0.621. The van der Waals surface area contributed by atoms with Gasteiger partial charge in [-0.25, -0.2) is 0 Å². The van der Waals surface area contributed by atoms with Gasteiger partial charge in [0.1, 0.15) is 11.5 Å². The molecule has 0 atom stereocenters. The Morgan fingerprint density at radius 3 is 2.86 bits per heavy atom. The number of rotatable bonds is 3. The smallest absolute Gasteiger partial charge is 0.270 e. The van der Waals surface area contributed by atoms with Crippen molar-refractivity contribution < 1.29 is 9.21 Å². The molecular formula is C15H14BrN3O2. The molecule has 21 heavy (non-hydrogen) atoms. The zero-order chi connectivity index (χ0) is 15.0. The summed E-state index contributed by atoms with van der Waals surface area (Å²) in [5.41, 5.74) is 7.84. The first-order valence-corrected chi connectivity index (χ1v) is 7.20. The van der Waals surface area contributed by atoms with Crippen LogP contribution >= 0.6 is 15.9 Å². The van der Waals surface area contributed by atoms with Crippen LogP contribution in [0.2, 0.25) is 0 Å². The van der Waals surface area contributed by atoms with Gasteiger partial charge in [-0.1, -0.05) is 0 Å². The summed E-state index contributed by atoms with van der Waals surface area (Å²) in [6.45, 7) is 0.405. The number of hydrogen-bond donors (Lipinski definition) is 2. The van der Waals surface area contributed by atoms with Crippen LogP contribution in [0.5, 0.6) is 0 Å². The minimum absolute atomic E-state index is 0.0997. The Morgan fingerprint density at radius 1 is 1.33 bits per heavy atom. The molecular weight excluding hydrogens is 334 g/mol. The van der Waals surface area contributed by atoms with Crippen LogP contribution in [-0.4, -0.2) is 22.8 Å². The van der Waals surface area contributed by atoms with Crippen molar-refractivity contribution in [2.75, 3.05) is 12.8 Å².